The Kier molecular flexibility index (Phi) is 12.1. The van der Waals surface area contributed by atoms with Gasteiger partial charge in [-0.2, -0.15) is 0 Å². The Hall–Kier alpha value is -5.80. The third-order valence-corrected chi connectivity index (χ3v) is 9.04. The van der Waals surface area contributed by atoms with Crippen LogP contribution in [0.15, 0.2) is 138 Å². The highest BCUT2D eigenvalue weighted by Gasteiger charge is 2.24. The Morgan fingerprint density at radius 3 is 2.06 bits per heavy atom. The fourth-order valence-corrected chi connectivity index (χ4v) is 6.15. The van der Waals surface area contributed by atoms with Crippen molar-refractivity contribution in [1.29, 1.82) is 0 Å². The van der Waals surface area contributed by atoms with Crippen molar-refractivity contribution in [2.24, 2.45) is 0 Å². The summed E-state index contributed by atoms with van der Waals surface area (Å²) in [6, 6.07) is 38.5. The second-order valence-corrected chi connectivity index (χ2v) is 12.8. The van der Waals surface area contributed by atoms with Crippen LogP contribution in [0.1, 0.15) is 52.1 Å². The van der Waals surface area contributed by atoms with Crippen molar-refractivity contribution in [2.45, 2.75) is 29.9 Å². The van der Waals surface area contributed by atoms with Crippen LogP contribution in [0.2, 0.25) is 0 Å². The van der Waals surface area contributed by atoms with Crippen LogP contribution in [-0.2, 0) is 9.59 Å². The molecule has 0 saturated carbocycles. The van der Waals surface area contributed by atoms with Crippen LogP contribution >= 0.6 is 11.8 Å². The summed E-state index contributed by atoms with van der Waals surface area (Å²) in [5.74, 6) is 0.286. The van der Waals surface area contributed by atoms with Crippen LogP contribution in [0.3, 0.4) is 0 Å². The summed E-state index contributed by atoms with van der Waals surface area (Å²) >= 11 is 1.34. The summed E-state index contributed by atoms with van der Waals surface area (Å²) in [6.07, 6.45) is 1.65. The van der Waals surface area contributed by atoms with Gasteiger partial charge in [-0.3, -0.25) is 14.4 Å². The summed E-state index contributed by atoms with van der Waals surface area (Å²) in [6.45, 7) is 4.23. The number of methoxy groups -OCH3 is 2. The first kappa shape index (κ1) is 35.5. The standard InChI is InChI=1S/C41H39N3O5S/c1-27(2)29-20-18-28(19-21-29)24-36(44-39(45)31-14-9-6-10-15-31)40(46)42-32-16-11-17-34(25-32)50-38(30-12-7-5-8-13-30)41(47)43-35-23-22-33(48-3)26-37(35)49-4/h5-27,38H,1-4H3,(H,42,46)(H,43,47)(H,44,45)/b36-24+. The number of anilines is 2. The maximum Gasteiger partial charge on any atom is 0.272 e. The molecule has 5 aromatic carbocycles. The highest BCUT2D eigenvalue weighted by molar-refractivity contribution is 8.00. The van der Waals surface area contributed by atoms with E-state index in [1.807, 2.05) is 66.7 Å². The van der Waals surface area contributed by atoms with Crippen LogP contribution in [-0.4, -0.2) is 31.9 Å². The lowest BCUT2D eigenvalue weighted by Crippen LogP contribution is -2.30. The summed E-state index contributed by atoms with van der Waals surface area (Å²) in [5.41, 5.74) is 4.26. The average molecular weight is 686 g/mol. The lowest BCUT2D eigenvalue weighted by molar-refractivity contribution is -0.116. The molecule has 0 bridgehead atoms. The largest absolute Gasteiger partial charge is 0.497 e. The number of thioether (sulfide) groups is 1. The smallest absolute Gasteiger partial charge is 0.272 e. The van der Waals surface area contributed by atoms with Gasteiger partial charge in [-0.15, -0.1) is 11.8 Å². The molecule has 0 radical (unpaired) electrons. The molecule has 50 heavy (non-hydrogen) atoms. The number of benzene rings is 5. The van der Waals surface area contributed by atoms with Crippen LogP contribution in [0.25, 0.3) is 6.08 Å². The monoisotopic (exact) mass is 685 g/mol. The van der Waals surface area contributed by atoms with Crippen molar-refractivity contribution in [3.8, 4) is 11.5 Å². The molecule has 1 atom stereocenters. The van der Waals surface area contributed by atoms with E-state index in [1.54, 1.807) is 73.8 Å². The van der Waals surface area contributed by atoms with Gasteiger partial charge in [0.05, 0.1) is 19.9 Å². The van der Waals surface area contributed by atoms with Gasteiger partial charge in [-0.05, 0) is 71.1 Å². The van der Waals surface area contributed by atoms with Crippen LogP contribution in [0.4, 0.5) is 11.4 Å². The number of rotatable bonds is 13. The minimum atomic E-state index is -0.636. The molecule has 0 fully saturated rings. The Bertz CT molecular complexity index is 1960. The Morgan fingerprint density at radius 1 is 0.700 bits per heavy atom. The molecule has 5 rings (SSSR count). The molecule has 0 spiro atoms. The van der Waals surface area contributed by atoms with Gasteiger partial charge >= 0.3 is 0 Å². The molecule has 8 nitrogen and oxygen atoms in total. The first-order valence-electron chi connectivity index (χ1n) is 16.1. The van der Waals surface area contributed by atoms with Crippen molar-refractivity contribution in [1.82, 2.24) is 5.32 Å². The molecule has 0 heterocycles. The molecule has 0 aliphatic carbocycles. The minimum absolute atomic E-state index is 0.0872. The fraction of sp³-hybridized carbons (Fsp3) is 0.146. The van der Waals surface area contributed by atoms with E-state index in [4.69, 9.17) is 9.47 Å². The average Bonchev–Trinajstić information content (AvgIpc) is 3.14. The molecule has 1 unspecified atom stereocenters. The van der Waals surface area contributed by atoms with E-state index in [1.165, 1.54) is 24.4 Å². The first-order chi connectivity index (χ1) is 24.2. The number of hydrogen-bond acceptors (Lipinski definition) is 6. The highest BCUT2D eigenvalue weighted by Crippen LogP contribution is 2.38. The van der Waals surface area contributed by atoms with Crippen LogP contribution in [0.5, 0.6) is 11.5 Å². The number of amides is 3. The van der Waals surface area contributed by atoms with Gasteiger partial charge in [-0.1, -0.05) is 92.7 Å². The Labute approximate surface area is 296 Å². The third kappa shape index (κ3) is 9.42. The SMILES string of the molecule is COc1ccc(NC(=O)C(Sc2cccc(NC(=O)/C(=C\c3ccc(C(C)C)cc3)NC(=O)c3ccccc3)c2)c2ccccc2)c(OC)c1. The second-order valence-electron chi connectivity index (χ2n) is 11.6. The van der Waals surface area contributed by atoms with Gasteiger partial charge in [-0.25, -0.2) is 0 Å². The van der Waals surface area contributed by atoms with E-state index < -0.39 is 17.1 Å². The summed E-state index contributed by atoms with van der Waals surface area (Å²) in [7, 11) is 3.10. The van der Waals surface area contributed by atoms with Gasteiger partial charge in [0.15, 0.2) is 0 Å². The molecule has 3 N–H and O–H groups in total. The van der Waals surface area contributed by atoms with Crippen molar-refractivity contribution in [3.05, 3.63) is 155 Å². The summed E-state index contributed by atoms with van der Waals surface area (Å²) < 4.78 is 10.8. The van der Waals surface area contributed by atoms with Crippen molar-refractivity contribution < 1.29 is 23.9 Å². The lowest BCUT2D eigenvalue weighted by Gasteiger charge is -2.19. The fourth-order valence-electron chi connectivity index (χ4n) is 5.07. The highest BCUT2D eigenvalue weighted by atomic mass is 32.2. The predicted octanol–water partition coefficient (Wildman–Crippen LogP) is 8.71. The molecular weight excluding hydrogens is 647 g/mol. The van der Waals surface area contributed by atoms with E-state index in [0.717, 1.165) is 16.0 Å². The third-order valence-electron chi connectivity index (χ3n) is 7.80. The van der Waals surface area contributed by atoms with Gasteiger partial charge in [0.1, 0.15) is 22.4 Å². The van der Waals surface area contributed by atoms with E-state index >= 15 is 0 Å². The topological polar surface area (TPSA) is 106 Å². The van der Waals surface area contributed by atoms with E-state index in [-0.39, 0.29) is 11.6 Å². The molecule has 0 saturated heterocycles. The Morgan fingerprint density at radius 2 is 1.40 bits per heavy atom. The maximum atomic E-state index is 13.8. The van der Waals surface area contributed by atoms with Crippen LogP contribution in [0, 0.1) is 0 Å². The molecular formula is C41H39N3O5S. The van der Waals surface area contributed by atoms with Crippen LogP contribution < -0.4 is 25.4 Å². The zero-order chi connectivity index (χ0) is 35.5. The quantitative estimate of drug-likeness (QED) is 0.0846. The molecule has 5 aromatic rings. The second kappa shape index (κ2) is 17.0. The molecule has 9 heteroatoms. The summed E-state index contributed by atoms with van der Waals surface area (Å²) in [5, 5.41) is 8.09. The lowest BCUT2D eigenvalue weighted by atomic mass is 10.0. The minimum Gasteiger partial charge on any atom is -0.497 e. The van der Waals surface area contributed by atoms with Crippen molar-refractivity contribution in [3.63, 3.8) is 0 Å². The van der Waals surface area contributed by atoms with Gasteiger partial charge in [0.2, 0.25) is 5.91 Å². The normalized spacial score (nSPS) is 11.7. The molecule has 0 aliphatic heterocycles. The molecule has 254 valence electrons. The molecule has 0 aliphatic rings. The zero-order valence-corrected chi connectivity index (χ0v) is 29.1. The van der Waals surface area contributed by atoms with E-state index in [9.17, 15) is 14.4 Å². The van der Waals surface area contributed by atoms with Gasteiger partial charge in [0, 0.05) is 22.2 Å². The molecule has 0 aromatic heterocycles. The number of carbonyl (C=O) groups excluding carboxylic acids is 3. The van der Waals surface area contributed by atoms with E-state index in [2.05, 4.69) is 29.8 Å². The number of ether oxygens (including phenoxy) is 2. The van der Waals surface area contributed by atoms with Crippen molar-refractivity contribution in [2.75, 3.05) is 24.9 Å². The first-order valence-corrected chi connectivity index (χ1v) is 17.0. The van der Waals surface area contributed by atoms with Gasteiger partial charge in [0.25, 0.3) is 11.8 Å². The van der Waals surface area contributed by atoms with Crippen molar-refractivity contribution >= 4 is 46.9 Å². The number of nitrogens with one attached hydrogen (secondary N) is 3. The maximum absolute atomic E-state index is 13.8. The number of hydrogen-bond donors (Lipinski definition) is 3. The zero-order valence-electron chi connectivity index (χ0n) is 28.3. The Balaban J connectivity index is 1.38. The summed E-state index contributed by atoms with van der Waals surface area (Å²) in [4.78, 5) is 41.4. The van der Waals surface area contributed by atoms with Gasteiger partial charge < -0.3 is 25.4 Å². The molecule has 3 amide bonds. The van der Waals surface area contributed by atoms with E-state index in [0.29, 0.717) is 34.4 Å². The predicted molar refractivity (Wildman–Crippen MR) is 201 cm³/mol. The number of carbonyl (C=O) groups is 3.